The molecule has 4 aromatic rings. The molecule has 5 rings (SSSR count). The van der Waals surface area contributed by atoms with Crippen molar-refractivity contribution in [3.63, 3.8) is 0 Å². The second-order valence-corrected chi connectivity index (χ2v) is 17.4. The molecule has 1 aliphatic heterocycles. The Morgan fingerprint density at radius 3 is 1.17 bits per heavy atom. The molecule has 1 aliphatic rings. The molecule has 0 aromatic heterocycles. The summed E-state index contributed by atoms with van der Waals surface area (Å²) in [4.78, 5) is 11.8. The van der Waals surface area contributed by atoms with Gasteiger partial charge in [0.2, 0.25) is 0 Å². The first-order valence-electron chi connectivity index (χ1n) is 20.8. The van der Waals surface area contributed by atoms with Gasteiger partial charge in [-0.15, -0.1) is 0 Å². The summed E-state index contributed by atoms with van der Waals surface area (Å²) < 4.78 is 110. The molecule has 0 unspecified atom stereocenters. The molecule has 0 bridgehead atoms. The minimum absolute atomic E-state index is 0.168. The van der Waals surface area contributed by atoms with Gasteiger partial charge in [-0.3, -0.25) is 4.79 Å². The van der Waals surface area contributed by atoms with E-state index in [4.69, 9.17) is 42.6 Å². The fraction of sp³-hybridized carbons (Fsp3) is 0.457. The number of fused-ring (bicyclic) bond motifs is 2. The van der Waals surface area contributed by atoms with Crippen LogP contribution < -0.4 is 24.3 Å². The molecule has 11 nitrogen and oxygen atoms in total. The van der Waals surface area contributed by atoms with Crippen molar-refractivity contribution in [3.8, 4) is 23.0 Å². The maximum absolute atomic E-state index is 11.8. The Kier molecular flexibility index (Phi) is 21.6. The maximum Gasteiger partial charge on any atom is 0.161 e. The smallest absolute Gasteiger partial charge is 0.161 e. The van der Waals surface area contributed by atoms with Crippen LogP contribution >= 0.6 is 7.81 Å². The number of ether oxygens (including phenoxy) is 9. The molecule has 0 atom stereocenters. The number of nitrogens with two attached hydrogens (primary N) is 1. The molecule has 64 heavy (non-hydrogen) atoms. The van der Waals surface area contributed by atoms with E-state index in [1.807, 2.05) is 81.4 Å². The zero-order chi connectivity index (χ0) is 47.0. The zero-order valence-electron chi connectivity index (χ0n) is 37.1. The summed E-state index contributed by atoms with van der Waals surface area (Å²) in [6, 6.07) is 30.1. The van der Waals surface area contributed by atoms with Crippen LogP contribution in [0.2, 0.25) is 0 Å². The number of aryl methyl sites for hydroxylation is 2. The van der Waals surface area contributed by atoms with Crippen molar-refractivity contribution in [3.05, 3.63) is 119 Å². The molecule has 18 heteroatoms. The predicted octanol–water partition coefficient (Wildman–Crippen LogP) is 10.0. The zero-order valence-corrected chi connectivity index (χ0v) is 38.0. The average molecular weight is 934 g/mol. The molecule has 0 spiro atoms. The van der Waals surface area contributed by atoms with Gasteiger partial charge in [-0.25, -0.2) is 0 Å². The second-order valence-electron chi connectivity index (χ2n) is 15.5. The van der Waals surface area contributed by atoms with Crippen molar-refractivity contribution >= 4 is 13.8 Å². The Morgan fingerprint density at radius 1 is 0.516 bits per heavy atom. The predicted molar refractivity (Wildman–Crippen MR) is 233 cm³/mol. The summed E-state index contributed by atoms with van der Waals surface area (Å²) in [6.45, 7) is 17.6. The second kappa shape index (κ2) is 25.7. The number of para-hydroxylation sites is 4. The van der Waals surface area contributed by atoms with E-state index in [0.717, 1.165) is 18.7 Å². The van der Waals surface area contributed by atoms with Gasteiger partial charge in [0, 0.05) is 11.1 Å². The van der Waals surface area contributed by atoms with Crippen molar-refractivity contribution in [1.29, 1.82) is 0 Å². The van der Waals surface area contributed by atoms with Gasteiger partial charge >= 0.3 is 39.0 Å². The standard InChI is InChI=1S/C24H32O8.C22H29NO2.F6P/c1-2-6-22-21(5-1)29-17-13-25-9-10-27-15-19-31-23-7-3-4-8-24(23)32-20-16-28-12-11-26-14-18-30-22;1-16-10-17(2)12-20(11-16)14-23-13-18-6-8-19(9-7-18)15-25-21(24)22(3,4)5;1-7(2,3,4,5)6/h1-8H,9-20H2;6-12,23H,13-15H2,1-5H3;/q;;-1/p+1. The summed E-state index contributed by atoms with van der Waals surface area (Å²) in [5.41, 5.74) is 5.84. The van der Waals surface area contributed by atoms with Crippen LogP contribution in [0, 0.1) is 19.3 Å². The van der Waals surface area contributed by atoms with Crippen molar-refractivity contribution in [1.82, 2.24) is 0 Å². The number of halogens is 6. The van der Waals surface area contributed by atoms with Gasteiger partial charge in [0.1, 0.15) is 46.1 Å². The van der Waals surface area contributed by atoms with Crippen molar-refractivity contribution < 1.29 is 77.9 Å². The Morgan fingerprint density at radius 2 is 0.828 bits per heavy atom. The molecule has 4 aromatic carbocycles. The van der Waals surface area contributed by atoms with E-state index >= 15 is 0 Å². The van der Waals surface area contributed by atoms with Crippen LogP contribution in [-0.2, 0) is 48.2 Å². The molecule has 0 saturated heterocycles. The van der Waals surface area contributed by atoms with Gasteiger partial charge < -0.3 is 47.9 Å². The number of hydrogen-bond donors (Lipinski definition) is 1. The van der Waals surface area contributed by atoms with E-state index in [0.29, 0.717) is 109 Å². The van der Waals surface area contributed by atoms with Gasteiger partial charge in [0.05, 0.1) is 58.3 Å². The van der Waals surface area contributed by atoms with Crippen molar-refractivity contribution in [2.45, 2.75) is 54.3 Å². The Labute approximate surface area is 371 Å². The molecule has 0 fully saturated rings. The van der Waals surface area contributed by atoms with Crippen LogP contribution in [0.4, 0.5) is 25.2 Å². The maximum atomic E-state index is 11.8. The quantitative estimate of drug-likeness (QED) is 0.114. The van der Waals surface area contributed by atoms with E-state index in [-0.39, 0.29) is 5.97 Å². The third kappa shape index (κ3) is 26.9. The van der Waals surface area contributed by atoms with E-state index in [2.05, 4.69) is 49.5 Å². The average Bonchev–Trinajstić information content (AvgIpc) is 3.20. The fourth-order valence-electron chi connectivity index (χ4n) is 5.59. The Bertz CT molecular complexity index is 1810. The first kappa shape index (κ1) is 53.7. The van der Waals surface area contributed by atoms with E-state index in [1.165, 1.54) is 22.3 Å². The third-order valence-electron chi connectivity index (χ3n) is 8.43. The summed E-state index contributed by atoms with van der Waals surface area (Å²) >= 11 is 0. The van der Waals surface area contributed by atoms with Gasteiger partial charge in [-0.1, -0.05) is 77.9 Å². The largest absolute Gasteiger partial charge is 0.487 e. The monoisotopic (exact) mass is 933 g/mol. The number of quaternary nitrogens is 1. The van der Waals surface area contributed by atoms with E-state index in [9.17, 15) is 30.0 Å². The molecule has 0 aliphatic carbocycles. The van der Waals surface area contributed by atoms with Crippen LogP contribution in [0.25, 0.3) is 0 Å². The molecular formula is C46H62F6NO10P. The van der Waals surface area contributed by atoms with Crippen LogP contribution in [0.5, 0.6) is 23.0 Å². The molecule has 1 heterocycles. The number of rotatable bonds is 6. The molecule has 0 saturated carbocycles. The molecular weight excluding hydrogens is 871 g/mol. The summed E-state index contributed by atoms with van der Waals surface area (Å²) in [7, 11) is -10.7. The van der Waals surface area contributed by atoms with Gasteiger partial charge in [-0.05, 0) is 64.4 Å². The van der Waals surface area contributed by atoms with Crippen LogP contribution in [0.15, 0.2) is 91.0 Å². The normalized spacial score (nSPS) is 16.1. The van der Waals surface area contributed by atoms with Crippen molar-refractivity contribution in [2.24, 2.45) is 5.41 Å². The Balaban J connectivity index is 0.000000303. The molecule has 0 radical (unpaired) electrons. The number of carbonyl (C=O) groups excluding carboxylic acids is 1. The minimum Gasteiger partial charge on any atom is -0.487 e. The first-order chi connectivity index (χ1) is 30.1. The topological polar surface area (TPSA) is 117 Å². The first-order valence-corrected chi connectivity index (χ1v) is 22.9. The molecule has 2 N–H and O–H groups in total. The van der Waals surface area contributed by atoms with Crippen molar-refractivity contribution in [2.75, 3.05) is 79.3 Å². The van der Waals surface area contributed by atoms with Crippen LogP contribution in [0.1, 0.15) is 48.6 Å². The Hall–Kier alpha value is -4.64. The fourth-order valence-corrected chi connectivity index (χ4v) is 5.59. The number of esters is 1. The van der Waals surface area contributed by atoms with Crippen LogP contribution in [-0.4, -0.2) is 85.3 Å². The molecule has 358 valence electrons. The molecule has 0 amide bonds. The van der Waals surface area contributed by atoms with Crippen LogP contribution in [0.3, 0.4) is 0 Å². The summed E-state index contributed by atoms with van der Waals surface area (Å²) in [6.07, 6.45) is 0. The minimum atomic E-state index is -10.7. The SMILES string of the molecule is Cc1cc(C)cc(C[NH2+]Cc2ccc(COC(=O)C(C)(C)C)cc2)c1.F[P-](F)(F)(F)(F)F.c1ccc2c(c1)OCCOCCOCCOc1ccccc1OCCOCCOCCO2. The number of carbonyl (C=O) groups is 1. The van der Waals surface area contributed by atoms with Gasteiger partial charge in [-0.2, -0.15) is 0 Å². The third-order valence-corrected chi connectivity index (χ3v) is 8.43. The van der Waals surface area contributed by atoms with Gasteiger partial charge in [0.25, 0.3) is 0 Å². The summed E-state index contributed by atoms with van der Waals surface area (Å²) in [5, 5.41) is 2.31. The number of hydrogen-bond acceptors (Lipinski definition) is 10. The summed E-state index contributed by atoms with van der Waals surface area (Å²) in [5.74, 6) is 2.56. The number of benzene rings is 4. The van der Waals surface area contributed by atoms with Gasteiger partial charge in [0.15, 0.2) is 23.0 Å². The van der Waals surface area contributed by atoms with E-state index < -0.39 is 13.2 Å². The van der Waals surface area contributed by atoms with E-state index in [1.54, 1.807) is 0 Å².